The van der Waals surface area contributed by atoms with Crippen molar-refractivity contribution in [2.24, 2.45) is 5.92 Å². The fourth-order valence-electron chi connectivity index (χ4n) is 3.62. The maximum Gasteiger partial charge on any atom is 0.235 e. The van der Waals surface area contributed by atoms with E-state index < -0.39 is 5.54 Å². The van der Waals surface area contributed by atoms with Crippen molar-refractivity contribution >= 4 is 5.91 Å². The average Bonchev–Trinajstić information content (AvgIpc) is 3.33. The van der Waals surface area contributed by atoms with Gasteiger partial charge >= 0.3 is 0 Å². The molecule has 2 aliphatic rings. The number of carbonyl (C=O) groups excluding carboxylic acids is 1. The molecule has 1 aromatic carbocycles. The number of hydrogen-bond donors (Lipinski definition) is 1. The van der Waals surface area contributed by atoms with Gasteiger partial charge in [0.1, 0.15) is 5.54 Å². The number of carbonyl (C=O) groups is 1. The van der Waals surface area contributed by atoms with Crippen LogP contribution in [0.15, 0.2) is 30.3 Å². The largest absolute Gasteiger partial charge is 0.337 e. The molecule has 1 aliphatic carbocycles. The number of nitriles is 1. The minimum absolute atomic E-state index is 0.0130. The number of likely N-dealkylation sites (tertiary alicyclic amines) is 1. The molecule has 1 N–H and O–H groups in total. The van der Waals surface area contributed by atoms with Crippen LogP contribution in [0.5, 0.6) is 0 Å². The zero-order valence-electron chi connectivity index (χ0n) is 13.8. The van der Waals surface area contributed by atoms with Crippen LogP contribution in [0.2, 0.25) is 0 Å². The first-order valence-electron chi connectivity index (χ1n) is 8.61. The van der Waals surface area contributed by atoms with Crippen LogP contribution in [0, 0.1) is 17.2 Å². The van der Waals surface area contributed by atoms with E-state index in [9.17, 15) is 10.1 Å². The Hall–Kier alpha value is -1.86. The third-order valence-corrected chi connectivity index (χ3v) is 5.19. The molecule has 0 radical (unpaired) electrons. The van der Waals surface area contributed by atoms with Crippen LogP contribution in [0.3, 0.4) is 0 Å². The van der Waals surface area contributed by atoms with E-state index in [4.69, 9.17) is 0 Å². The molecule has 1 saturated heterocycles. The molecule has 2 atom stereocenters. The van der Waals surface area contributed by atoms with E-state index in [2.05, 4.69) is 40.6 Å². The minimum atomic E-state index is -0.689. The molecule has 0 spiro atoms. The van der Waals surface area contributed by atoms with Gasteiger partial charge in [0.05, 0.1) is 12.6 Å². The quantitative estimate of drug-likeness (QED) is 0.878. The first-order valence-corrected chi connectivity index (χ1v) is 8.61. The first-order chi connectivity index (χ1) is 11.1. The van der Waals surface area contributed by atoms with Gasteiger partial charge in [0.25, 0.3) is 0 Å². The normalized spacial score (nSPS) is 23.9. The summed E-state index contributed by atoms with van der Waals surface area (Å²) >= 11 is 0. The molecule has 1 aromatic rings. The van der Waals surface area contributed by atoms with Gasteiger partial charge in [-0.05, 0) is 57.1 Å². The van der Waals surface area contributed by atoms with Crippen molar-refractivity contribution in [2.45, 2.75) is 50.6 Å². The average molecular weight is 311 g/mol. The molecule has 1 saturated carbocycles. The highest BCUT2D eigenvalue weighted by Crippen LogP contribution is 2.39. The van der Waals surface area contributed by atoms with Gasteiger partial charge in [-0.2, -0.15) is 5.26 Å². The van der Waals surface area contributed by atoms with Crippen molar-refractivity contribution in [1.29, 1.82) is 5.26 Å². The van der Waals surface area contributed by atoms with E-state index in [1.807, 2.05) is 13.0 Å². The predicted octanol–water partition coefficient (Wildman–Crippen LogP) is 2.50. The highest BCUT2D eigenvalue weighted by atomic mass is 16.2. The zero-order chi connectivity index (χ0) is 16.3. The lowest BCUT2D eigenvalue weighted by Gasteiger charge is -2.27. The maximum atomic E-state index is 12.4. The van der Waals surface area contributed by atoms with Crippen LogP contribution < -0.4 is 5.32 Å². The number of amides is 1. The zero-order valence-corrected chi connectivity index (χ0v) is 13.8. The highest BCUT2D eigenvalue weighted by Gasteiger charge is 2.43. The lowest BCUT2D eigenvalue weighted by Crippen LogP contribution is -2.51. The van der Waals surface area contributed by atoms with E-state index in [-0.39, 0.29) is 5.91 Å². The summed E-state index contributed by atoms with van der Waals surface area (Å²) in [4.78, 5) is 14.7. The Morgan fingerprint density at radius 1 is 1.35 bits per heavy atom. The van der Waals surface area contributed by atoms with Crippen molar-refractivity contribution in [1.82, 2.24) is 10.2 Å². The standard InChI is InChI=1S/C19H25N3O/c1-19(14-20,16-9-10-16)21-18(23)13-22-11-5-8-17(22)12-15-6-3-2-4-7-15/h2-4,6-7,16-17H,5,8-13H2,1H3,(H,21,23). The SMILES string of the molecule is CC(C#N)(NC(=O)CN1CCCC1Cc1ccccc1)C1CC1. The molecule has 1 heterocycles. The number of nitrogens with one attached hydrogen (secondary N) is 1. The van der Waals surface area contributed by atoms with E-state index in [0.717, 1.165) is 38.6 Å². The molecule has 1 aliphatic heterocycles. The van der Waals surface area contributed by atoms with Gasteiger partial charge < -0.3 is 5.32 Å². The van der Waals surface area contributed by atoms with Crippen molar-refractivity contribution in [2.75, 3.05) is 13.1 Å². The summed E-state index contributed by atoms with van der Waals surface area (Å²) in [5.41, 5.74) is 0.635. The number of benzene rings is 1. The van der Waals surface area contributed by atoms with E-state index in [1.165, 1.54) is 5.56 Å². The summed E-state index contributed by atoms with van der Waals surface area (Å²) < 4.78 is 0. The van der Waals surface area contributed by atoms with Crippen LogP contribution in [-0.2, 0) is 11.2 Å². The highest BCUT2D eigenvalue weighted by molar-refractivity contribution is 5.79. The monoisotopic (exact) mass is 311 g/mol. The Morgan fingerprint density at radius 2 is 2.09 bits per heavy atom. The Kier molecular flexibility index (Phi) is 4.68. The number of nitrogens with zero attached hydrogens (tertiary/aromatic N) is 2. The Bertz CT molecular complexity index is 590. The van der Waals surface area contributed by atoms with Gasteiger partial charge in [-0.25, -0.2) is 0 Å². The maximum absolute atomic E-state index is 12.4. The lowest BCUT2D eigenvalue weighted by atomic mass is 9.98. The van der Waals surface area contributed by atoms with Gasteiger partial charge in [0.2, 0.25) is 5.91 Å². The van der Waals surface area contributed by atoms with Crippen LogP contribution in [-0.4, -0.2) is 35.5 Å². The molecule has 0 aromatic heterocycles. The Labute approximate surface area is 138 Å². The topological polar surface area (TPSA) is 56.1 Å². The Morgan fingerprint density at radius 3 is 2.74 bits per heavy atom. The molecular weight excluding hydrogens is 286 g/mol. The third kappa shape index (κ3) is 3.92. The molecule has 2 fully saturated rings. The molecular formula is C19H25N3O. The predicted molar refractivity (Wildman–Crippen MR) is 89.6 cm³/mol. The molecule has 2 unspecified atom stereocenters. The molecule has 23 heavy (non-hydrogen) atoms. The van der Waals surface area contributed by atoms with Crippen molar-refractivity contribution < 1.29 is 4.79 Å². The third-order valence-electron chi connectivity index (χ3n) is 5.19. The van der Waals surface area contributed by atoms with E-state index in [0.29, 0.717) is 18.5 Å². The van der Waals surface area contributed by atoms with Crippen LogP contribution >= 0.6 is 0 Å². The summed E-state index contributed by atoms with van der Waals surface area (Å²) in [7, 11) is 0. The first kappa shape index (κ1) is 16.0. The van der Waals surface area contributed by atoms with Gasteiger partial charge in [0, 0.05) is 6.04 Å². The summed E-state index contributed by atoms with van der Waals surface area (Å²) in [6.45, 7) is 3.23. The van der Waals surface area contributed by atoms with Gasteiger partial charge in [-0.3, -0.25) is 9.69 Å². The second-order valence-corrected chi connectivity index (χ2v) is 7.09. The number of rotatable bonds is 6. The second-order valence-electron chi connectivity index (χ2n) is 7.09. The van der Waals surface area contributed by atoms with Gasteiger partial charge in [-0.1, -0.05) is 30.3 Å². The summed E-state index contributed by atoms with van der Waals surface area (Å²) in [5, 5.41) is 12.3. The van der Waals surface area contributed by atoms with Crippen molar-refractivity contribution in [3.05, 3.63) is 35.9 Å². The fourth-order valence-corrected chi connectivity index (χ4v) is 3.62. The summed E-state index contributed by atoms with van der Waals surface area (Å²) in [6.07, 6.45) is 5.37. The molecule has 1 amide bonds. The number of hydrogen-bond acceptors (Lipinski definition) is 3. The Balaban J connectivity index is 1.56. The summed E-state index contributed by atoms with van der Waals surface area (Å²) in [5.74, 6) is 0.316. The summed E-state index contributed by atoms with van der Waals surface area (Å²) in [6, 6.07) is 13.2. The van der Waals surface area contributed by atoms with Crippen LogP contribution in [0.25, 0.3) is 0 Å². The lowest BCUT2D eigenvalue weighted by molar-refractivity contribution is -0.123. The molecule has 4 nitrogen and oxygen atoms in total. The molecule has 3 rings (SSSR count). The van der Waals surface area contributed by atoms with Crippen molar-refractivity contribution in [3.63, 3.8) is 0 Å². The van der Waals surface area contributed by atoms with Crippen LogP contribution in [0.1, 0.15) is 38.2 Å². The minimum Gasteiger partial charge on any atom is -0.337 e. The molecule has 4 heteroatoms. The second kappa shape index (κ2) is 6.72. The molecule has 122 valence electrons. The van der Waals surface area contributed by atoms with Crippen LogP contribution in [0.4, 0.5) is 0 Å². The van der Waals surface area contributed by atoms with Crippen molar-refractivity contribution in [3.8, 4) is 6.07 Å². The molecule has 0 bridgehead atoms. The smallest absolute Gasteiger partial charge is 0.235 e. The fraction of sp³-hybridized carbons (Fsp3) is 0.579. The van der Waals surface area contributed by atoms with E-state index >= 15 is 0 Å². The van der Waals surface area contributed by atoms with E-state index in [1.54, 1.807) is 0 Å². The van der Waals surface area contributed by atoms with Gasteiger partial charge in [0.15, 0.2) is 0 Å². The van der Waals surface area contributed by atoms with Gasteiger partial charge in [-0.15, -0.1) is 0 Å².